The quantitative estimate of drug-likeness (QED) is 0.765. The fourth-order valence-electron chi connectivity index (χ4n) is 1.60. The first-order valence-corrected chi connectivity index (χ1v) is 5.31. The van der Waals surface area contributed by atoms with Crippen molar-refractivity contribution < 1.29 is 4.79 Å². The number of nitrogens with zero attached hydrogens (tertiary/aromatic N) is 1. The highest BCUT2D eigenvalue weighted by molar-refractivity contribution is 5.98. The van der Waals surface area contributed by atoms with Crippen LogP contribution in [-0.2, 0) is 4.79 Å². The number of hydrogen-bond donors (Lipinski definition) is 1. The number of nitrogens with two attached hydrogens (primary N) is 1. The van der Waals surface area contributed by atoms with Crippen LogP contribution >= 0.6 is 0 Å². The Labute approximate surface area is 96.6 Å². The molecule has 0 aliphatic heterocycles. The highest BCUT2D eigenvalue weighted by Crippen LogP contribution is 2.21. The summed E-state index contributed by atoms with van der Waals surface area (Å²) in [5, 5.41) is 0. The number of rotatable bonds is 5. The predicted molar refractivity (Wildman–Crippen MR) is 65.8 cm³/mol. The van der Waals surface area contributed by atoms with Gasteiger partial charge < -0.3 is 5.73 Å². The fourth-order valence-corrected chi connectivity index (χ4v) is 1.60. The molecule has 0 aromatic heterocycles. The van der Waals surface area contributed by atoms with Gasteiger partial charge in [0.15, 0.2) is 5.78 Å². The molecule has 86 valence electrons. The lowest BCUT2D eigenvalue weighted by Crippen LogP contribution is -2.33. The maximum atomic E-state index is 12.0. The van der Waals surface area contributed by atoms with Crippen LogP contribution in [0.4, 0.5) is 0 Å². The van der Waals surface area contributed by atoms with Gasteiger partial charge in [0.05, 0.1) is 5.70 Å². The Morgan fingerprint density at radius 1 is 1.44 bits per heavy atom. The molecule has 3 nitrogen and oxygen atoms in total. The highest BCUT2D eigenvalue weighted by atomic mass is 16.1. The van der Waals surface area contributed by atoms with Gasteiger partial charge in [0.1, 0.15) is 6.04 Å². The predicted octanol–water partition coefficient (Wildman–Crippen LogP) is 1.72. The molecule has 1 unspecified atom stereocenters. The minimum Gasteiger partial charge on any atom is -0.396 e. The smallest absolute Gasteiger partial charge is 0.199 e. The number of hydrogen-bond acceptors (Lipinski definition) is 3. The molecule has 1 aromatic rings. The molecule has 0 radical (unpaired) electrons. The highest BCUT2D eigenvalue weighted by Gasteiger charge is 2.24. The van der Waals surface area contributed by atoms with Gasteiger partial charge in [0, 0.05) is 0 Å². The van der Waals surface area contributed by atoms with Crippen LogP contribution in [0.2, 0.25) is 0 Å². The van der Waals surface area contributed by atoms with Gasteiger partial charge in [0.25, 0.3) is 0 Å². The van der Waals surface area contributed by atoms with Gasteiger partial charge in [-0.25, -0.2) is 0 Å². The van der Waals surface area contributed by atoms with Gasteiger partial charge in [-0.1, -0.05) is 43.8 Å². The molecule has 16 heavy (non-hydrogen) atoms. The van der Waals surface area contributed by atoms with Gasteiger partial charge in [0.2, 0.25) is 0 Å². The lowest BCUT2D eigenvalue weighted by Gasteiger charge is -2.25. The molecule has 0 saturated carbocycles. The first-order chi connectivity index (χ1) is 7.57. The topological polar surface area (TPSA) is 46.3 Å². The van der Waals surface area contributed by atoms with E-state index in [1.54, 1.807) is 0 Å². The molecule has 1 aromatic carbocycles. The van der Waals surface area contributed by atoms with Gasteiger partial charge in [-0.15, -0.1) is 0 Å². The van der Waals surface area contributed by atoms with Crippen LogP contribution in [0.5, 0.6) is 0 Å². The number of carbonyl (C=O) groups excluding carboxylic acids is 1. The van der Waals surface area contributed by atoms with Crippen molar-refractivity contribution in [3.63, 3.8) is 0 Å². The van der Waals surface area contributed by atoms with E-state index in [9.17, 15) is 4.79 Å². The Morgan fingerprint density at radius 3 is 2.44 bits per heavy atom. The molecule has 0 spiro atoms. The molecule has 2 N–H and O–H groups in total. The largest absolute Gasteiger partial charge is 0.396 e. The lowest BCUT2D eigenvalue weighted by molar-refractivity contribution is -0.120. The minimum atomic E-state index is -0.330. The Hall–Kier alpha value is -1.61. The molecular weight excluding hydrogens is 200 g/mol. The molecular formula is C13H18N2O. The van der Waals surface area contributed by atoms with E-state index in [-0.39, 0.29) is 17.5 Å². The zero-order valence-corrected chi connectivity index (χ0v) is 9.81. The van der Waals surface area contributed by atoms with Crippen LogP contribution in [-0.4, -0.2) is 24.3 Å². The standard InChI is InChI=1S/C13H18N2O/c1-4-15(3)12(13(16)10(2)14)11-8-6-5-7-9-11/h5-9,12H,2,4,14H2,1,3H3. The van der Waals surface area contributed by atoms with Crippen molar-refractivity contribution in [1.29, 1.82) is 0 Å². The first kappa shape index (κ1) is 12.5. The van der Waals surface area contributed by atoms with E-state index >= 15 is 0 Å². The molecule has 3 heteroatoms. The van der Waals surface area contributed by atoms with Crippen LogP contribution in [0.3, 0.4) is 0 Å². The van der Waals surface area contributed by atoms with E-state index in [1.165, 1.54) is 0 Å². The Kier molecular flexibility index (Phi) is 4.26. The third kappa shape index (κ3) is 2.70. The van der Waals surface area contributed by atoms with E-state index in [4.69, 9.17) is 5.73 Å². The summed E-state index contributed by atoms with van der Waals surface area (Å²) in [6.45, 7) is 6.30. The summed E-state index contributed by atoms with van der Waals surface area (Å²) >= 11 is 0. The van der Waals surface area contributed by atoms with Gasteiger partial charge >= 0.3 is 0 Å². The summed E-state index contributed by atoms with van der Waals surface area (Å²) in [5.41, 5.74) is 6.55. The number of benzene rings is 1. The van der Waals surface area contributed by atoms with Crippen molar-refractivity contribution in [3.8, 4) is 0 Å². The number of ketones is 1. The lowest BCUT2D eigenvalue weighted by atomic mass is 10.00. The van der Waals surface area contributed by atoms with E-state index < -0.39 is 0 Å². The van der Waals surface area contributed by atoms with E-state index in [1.807, 2.05) is 49.2 Å². The molecule has 0 aliphatic rings. The van der Waals surface area contributed by atoms with E-state index in [2.05, 4.69) is 6.58 Å². The second kappa shape index (κ2) is 5.47. The van der Waals surface area contributed by atoms with E-state index in [0.29, 0.717) is 0 Å². The zero-order chi connectivity index (χ0) is 12.1. The monoisotopic (exact) mass is 218 g/mol. The number of Topliss-reactive ketones (excluding diaryl/α,β-unsaturated/α-hetero) is 1. The molecule has 1 rings (SSSR count). The Balaban J connectivity index is 3.06. The number of carbonyl (C=O) groups is 1. The summed E-state index contributed by atoms with van der Waals surface area (Å²) < 4.78 is 0. The second-order valence-corrected chi connectivity index (χ2v) is 3.78. The second-order valence-electron chi connectivity index (χ2n) is 3.78. The minimum absolute atomic E-state index is 0.106. The van der Waals surface area contributed by atoms with Crippen LogP contribution in [0.25, 0.3) is 0 Å². The summed E-state index contributed by atoms with van der Waals surface area (Å²) in [7, 11) is 1.90. The SMILES string of the molecule is C=C(N)C(=O)C(c1ccccc1)N(C)CC. The van der Waals surface area contributed by atoms with Crippen LogP contribution in [0.15, 0.2) is 42.6 Å². The van der Waals surface area contributed by atoms with E-state index in [0.717, 1.165) is 12.1 Å². The Bertz CT molecular complexity index is 373. The van der Waals surface area contributed by atoms with Gasteiger partial charge in [-0.2, -0.15) is 0 Å². The third-order valence-corrected chi connectivity index (χ3v) is 2.62. The maximum Gasteiger partial charge on any atom is 0.199 e. The normalized spacial score (nSPS) is 12.4. The maximum absolute atomic E-state index is 12.0. The summed E-state index contributed by atoms with van der Waals surface area (Å²) in [6.07, 6.45) is 0. The number of likely N-dealkylation sites (N-methyl/N-ethyl adjacent to an activating group) is 1. The summed E-state index contributed by atoms with van der Waals surface area (Å²) in [6, 6.07) is 9.28. The van der Waals surface area contributed by atoms with Crippen molar-refractivity contribution in [1.82, 2.24) is 4.90 Å². The average molecular weight is 218 g/mol. The van der Waals surface area contributed by atoms with Gasteiger partial charge in [-0.05, 0) is 19.2 Å². The van der Waals surface area contributed by atoms with Crippen molar-refractivity contribution in [2.45, 2.75) is 13.0 Å². The average Bonchev–Trinajstić information content (AvgIpc) is 2.30. The fraction of sp³-hybridized carbons (Fsp3) is 0.308. The molecule has 0 saturated heterocycles. The third-order valence-electron chi connectivity index (χ3n) is 2.62. The molecule has 0 fully saturated rings. The van der Waals surface area contributed by atoms with Crippen LogP contribution in [0, 0.1) is 0 Å². The molecule has 1 atom stereocenters. The van der Waals surface area contributed by atoms with Gasteiger partial charge in [-0.3, -0.25) is 9.69 Å². The summed E-state index contributed by atoms with van der Waals surface area (Å²) in [4.78, 5) is 13.9. The van der Waals surface area contributed by atoms with Crippen molar-refractivity contribution in [2.24, 2.45) is 5.73 Å². The van der Waals surface area contributed by atoms with Crippen molar-refractivity contribution in [2.75, 3.05) is 13.6 Å². The molecule has 0 heterocycles. The first-order valence-electron chi connectivity index (χ1n) is 5.31. The zero-order valence-electron chi connectivity index (χ0n) is 9.81. The van der Waals surface area contributed by atoms with Crippen molar-refractivity contribution in [3.05, 3.63) is 48.2 Å². The molecule has 0 bridgehead atoms. The Morgan fingerprint density at radius 2 is 2.00 bits per heavy atom. The van der Waals surface area contributed by atoms with Crippen LogP contribution < -0.4 is 5.73 Å². The van der Waals surface area contributed by atoms with Crippen LogP contribution in [0.1, 0.15) is 18.5 Å². The summed E-state index contributed by atoms with van der Waals surface area (Å²) in [5.74, 6) is -0.129. The van der Waals surface area contributed by atoms with Crippen molar-refractivity contribution >= 4 is 5.78 Å². The molecule has 0 amide bonds. The molecule has 0 aliphatic carbocycles.